The number of hydrogen-bond acceptors (Lipinski definition) is 4. The molecule has 1 aromatic rings. The number of halogens is 2. The van der Waals surface area contributed by atoms with Crippen LogP contribution < -0.4 is 5.73 Å². The molecule has 1 heterocycles. The molecule has 1 unspecified atom stereocenters. The highest BCUT2D eigenvalue weighted by Crippen LogP contribution is 2.36. The van der Waals surface area contributed by atoms with Crippen LogP contribution in [-0.2, 0) is 0 Å². The van der Waals surface area contributed by atoms with E-state index < -0.39 is 0 Å². The second-order valence-corrected chi connectivity index (χ2v) is 8.09. The number of hydrogen-bond donors (Lipinski definition) is 1. The van der Waals surface area contributed by atoms with Crippen molar-refractivity contribution < 1.29 is 0 Å². The Morgan fingerprint density at radius 2 is 2.24 bits per heavy atom. The van der Waals surface area contributed by atoms with Gasteiger partial charge in [0.1, 0.15) is 0 Å². The quantitative estimate of drug-likeness (QED) is 0.701. The van der Waals surface area contributed by atoms with Crippen LogP contribution in [0.3, 0.4) is 0 Å². The minimum absolute atomic E-state index is 0.324. The SMILES string of the molecule is CSCCCN(C)C(CN)c1cc(Br)c(Br)s1. The number of rotatable bonds is 7. The first-order valence-corrected chi connectivity index (χ1v) is 9.23. The molecule has 1 rings (SSSR count). The van der Waals surface area contributed by atoms with Gasteiger partial charge in [-0.1, -0.05) is 0 Å². The molecular formula is C11H18Br2N2S2. The third-order valence-electron chi connectivity index (χ3n) is 2.61. The lowest BCUT2D eigenvalue weighted by Gasteiger charge is -2.25. The normalized spacial score (nSPS) is 13.3. The highest BCUT2D eigenvalue weighted by molar-refractivity contribution is 9.13. The van der Waals surface area contributed by atoms with E-state index in [1.165, 1.54) is 17.1 Å². The Labute approximate surface area is 129 Å². The van der Waals surface area contributed by atoms with Gasteiger partial charge in [-0.25, -0.2) is 0 Å². The summed E-state index contributed by atoms with van der Waals surface area (Å²) < 4.78 is 2.26. The summed E-state index contributed by atoms with van der Waals surface area (Å²) in [4.78, 5) is 3.67. The highest BCUT2D eigenvalue weighted by Gasteiger charge is 2.18. The van der Waals surface area contributed by atoms with Crippen molar-refractivity contribution in [2.45, 2.75) is 12.5 Å². The van der Waals surface area contributed by atoms with Crippen LogP contribution in [0.1, 0.15) is 17.3 Å². The predicted octanol–water partition coefficient (Wildman–Crippen LogP) is 3.96. The average Bonchev–Trinajstić information content (AvgIpc) is 2.60. The molecule has 6 heteroatoms. The van der Waals surface area contributed by atoms with Crippen molar-refractivity contribution in [1.82, 2.24) is 4.90 Å². The minimum atomic E-state index is 0.324. The van der Waals surface area contributed by atoms with E-state index in [2.05, 4.69) is 56.1 Å². The zero-order valence-electron chi connectivity index (χ0n) is 10.1. The molecule has 2 nitrogen and oxygen atoms in total. The maximum atomic E-state index is 5.90. The van der Waals surface area contributed by atoms with Gasteiger partial charge in [-0.3, -0.25) is 4.90 Å². The van der Waals surface area contributed by atoms with Gasteiger partial charge in [-0.2, -0.15) is 11.8 Å². The largest absolute Gasteiger partial charge is 0.329 e. The van der Waals surface area contributed by atoms with Crippen molar-refractivity contribution >= 4 is 55.0 Å². The van der Waals surface area contributed by atoms with Crippen LogP contribution >= 0.6 is 55.0 Å². The van der Waals surface area contributed by atoms with Crippen LogP contribution in [0.2, 0.25) is 0 Å². The van der Waals surface area contributed by atoms with E-state index in [0.29, 0.717) is 12.6 Å². The molecule has 0 fully saturated rings. The summed E-state index contributed by atoms with van der Waals surface area (Å²) in [5.41, 5.74) is 5.90. The van der Waals surface area contributed by atoms with Crippen molar-refractivity contribution in [3.05, 3.63) is 19.2 Å². The molecule has 1 atom stereocenters. The van der Waals surface area contributed by atoms with E-state index in [9.17, 15) is 0 Å². The fourth-order valence-corrected chi connectivity index (χ4v) is 4.34. The van der Waals surface area contributed by atoms with Crippen LogP contribution in [0.15, 0.2) is 14.3 Å². The molecule has 0 spiro atoms. The van der Waals surface area contributed by atoms with Gasteiger partial charge in [0.15, 0.2) is 0 Å². The van der Waals surface area contributed by atoms with Gasteiger partial charge in [0.05, 0.1) is 9.83 Å². The molecule has 0 aromatic carbocycles. The molecule has 0 amide bonds. The molecule has 0 saturated carbocycles. The number of nitrogens with zero attached hydrogens (tertiary/aromatic N) is 1. The molecule has 0 saturated heterocycles. The van der Waals surface area contributed by atoms with Gasteiger partial charge in [0.2, 0.25) is 0 Å². The summed E-state index contributed by atoms with van der Waals surface area (Å²) in [7, 11) is 2.15. The van der Waals surface area contributed by atoms with Crippen molar-refractivity contribution in [2.75, 3.05) is 32.1 Å². The minimum Gasteiger partial charge on any atom is -0.329 e. The number of likely N-dealkylation sites (N-methyl/N-ethyl adjacent to an activating group) is 1. The molecular weight excluding hydrogens is 384 g/mol. The molecule has 0 radical (unpaired) electrons. The molecule has 2 N–H and O–H groups in total. The summed E-state index contributed by atoms with van der Waals surface area (Å²) in [6.07, 6.45) is 3.36. The van der Waals surface area contributed by atoms with E-state index in [1.807, 2.05) is 11.8 Å². The second kappa shape index (κ2) is 8.17. The van der Waals surface area contributed by atoms with Crippen molar-refractivity contribution in [3.8, 4) is 0 Å². The smallest absolute Gasteiger partial charge is 0.0843 e. The van der Waals surface area contributed by atoms with Crippen LogP contribution in [0.5, 0.6) is 0 Å². The zero-order chi connectivity index (χ0) is 12.8. The fraction of sp³-hybridized carbons (Fsp3) is 0.636. The molecule has 0 bridgehead atoms. The Morgan fingerprint density at radius 1 is 1.53 bits per heavy atom. The first-order valence-electron chi connectivity index (χ1n) is 5.44. The Kier molecular flexibility index (Phi) is 7.68. The molecule has 1 aromatic heterocycles. The lowest BCUT2D eigenvalue weighted by molar-refractivity contribution is 0.255. The monoisotopic (exact) mass is 400 g/mol. The van der Waals surface area contributed by atoms with Gasteiger partial charge < -0.3 is 5.73 Å². The van der Waals surface area contributed by atoms with Gasteiger partial charge in [0, 0.05) is 15.9 Å². The summed E-state index contributed by atoms with van der Waals surface area (Å²) >= 11 is 10.7. The van der Waals surface area contributed by atoms with Gasteiger partial charge in [-0.15, -0.1) is 11.3 Å². The standard InChI is InChI=1S/C11H18Br2N2S2/c1-15(4-3-5-16-2)9(7-14)10-6-8(12)11(13)17-10/h6,9H,3-5,7,14H2,1-2H3. The third kappa shape index (κ3) is 4.84. The Morgan fingerprint density at radius 3 is 2.71 bits per heavy atom. The Hall–Kier alpha value is 0.930. The van der Waals surface area contributed by atoms with E-state index in [4.69, 9.17) is 5.73 Å². The maximum Gasteiger partial charge on any atom is 0.0843 e. The van der Waals surface area contributed by atoms with Crippen molar-refractivity contribution in [3.63, 3.8) is 0 Å². The van der Waals surface area contributed by atoms with Crippen LogP contribution in [0, 0.1) is 0 Å². The molecule has 0 aliphatic rings. The van der Waals surface area contributed by atoms with Gasteiger partial charge in [-0.05, 0) is 69.9 Å². The van der Waals surface area contributed by atoms with E-state index in [1.54, 1.807) is 11.3 Å². The lowest BCUT2D eigenvalue weighted by Crippen LogP contribution is -2.31. The van der Waals surface area contributed by atoms with Crippen LogP contribution in [-0.4, -0.2) is 37.0 Å². The van der Waals surface area contributed by atoms with Crippen molar-refractivity contribution in [1.29, 1.82) is 0 Å². The Balaban J connectivity index is 2.63. The molecule has 17 heavy (non-hydrogen) atoms. The molecule has 0 aliphatic carbocycles. The number of thioether (sulfide) groups is 1. The van der Waals surface area contributed by atoms with E-state index in [0.717, 1.165) is 14.8 Å². The molecule has 98 valence electrons. The average molecular weight is 402 g/mol. The fourth-order valence-electron chi connectivity index (χ4n) is 1.65. The van der Waals surface area contributed by atoms with E-state index >= 15 is 0 Å². The maximum absolute atomic E-state index is 5.90. The third-order valence-corrected chi connectivity index (χ3v) is 6.66. The predicted molar refractivity (Wildman–Crippen MR) is 87.1 cm³/mol. The molecule has 0 aliphatic heterocycles. The lowest BCUT2D eigenvalue weighted by atomic mass is 10.2. The summed E-state index contributed by atoms with van der Waals surface area (Å²) in [5.74, 6) is 1.21. The first-order chi connectivity index (χ1) is 8.10. The van der Waals surface area contributed by atoms with Gasteiger partial charge >= 0.3 is 0 Å². The number of thiophene rings is 1. The zero-order valence-corrected chi connectivity index (χ0v) is 14.9. The van der Waals surface area contributed by atoms with E-state index in [-0.39, 0.29) is 0 Å². The summed E-state index contributed by atoms with van der Waals surface area (Å²) in [5, 5.41) is 0. The van der Waals surface area contributed by atoms with Crippen LogP contribution in [0.4, 0.5) is 0 Å². The summed E-state index contributed by atoms with van der Waals surface area (Å²) in [6, 6.07) is 2.49. The summed E-state index contributed by atoms with van der Waals surface area (Å²) in [6.45, 7) is 1.75. The van der Waals surface area contributed by atoms with Crippen LogP contribution in [0.25, 0.3) is 0 Å². The van der Waals surface area contributed by atoms with Gasteiger partial charge in [0.25, 0.3) is 0 Å². The van der Waals surface area contributed by atoms with Crippen molar-refractivity contribution in [2.24, 2.45) is 5.73 Å². The number of nitrogens with two attached hydrogens (primary N) is 1. The Bertz CT molecular complexity index is 325. The highest BCUT2D eigenvalue weighted by atomic mass is 79.9. The topological polar surface area (TPSA) is 29.3 Å². The first kappa shape index (κ1) is 16.0. The second-order valence-electron chi connectivity index (χ2n) is 3.85.